The molecule has 0 aliphatic carbocycles. The molecule has 2 nitrogen and oxygen atoms in total. The number of hydrogen-bond donors (Lipinski definition) is 1. The normalized spacial score (nSPS) is 18.2. The molecule has 0 bridgehead atoms. The average Bonchev–Trinajstić information content (AvgIpc) is 2.83. The first kappa shape index (κ1) is 13.8. The van der Waals surface area contributed by atoms with Gasteiger partial charge in [0.2, 0.25) is 0 Å². The molecular formula is C14H20ClFN2. The average molecular weight is 271 g/mol. The van der Waals surface area contributed by atoms with E-state index in [0.29, 0.717) is 6.04 Å². The highest BCUT2D eigenvalue weighted by atomic mass is 35.5. The van der Waals surface area contributed by atoms with Gasteiger partial charge in [0.05, 0.1) is 5.02 Å². The molecule has 2 rings (SSSR count). The third-order valence-electron chi connectivity index (χ3n) is 3.37. The van der Waals surface area contributed by atoms with Gasteiger partial charge in [-0.2, -0.15) is 0 Å². The zero-order valence-corrected chi connectivity index (χ0v) is 11.5. The maximum absolute atomic E-state index is 13.0. The molecule has 1 atom stereocenters. The molecule has 0 aromatic heterocycles. The van der Waals surface area contributed by atoms with Crippen molar-refractivity contribution in [2.24, 2.45) is 0 Å². The van der Waals surface area contributed by atoms with Gasteiger partial charge in [0.15, 0.2) is 0 Å². The first-order chi connectivity index (χ1) is 8.65. The van der Waals surface area contributed by atoms with Crippen molar-refractivity contribution >= 4 is 11.6 Å². The van der Waals surface area contributed by atoms with Gasteiger partial charge >= 0.3 is 0 Å². The Morgan fingerprint density at radius 1 is 1.39 bits per heavy atom. The zero-order chi connectivity index (χ0) is 13.0. The lowest BCUT2D eigenvalue weighted by molar-refractivity contribution is 0.298. The van der Waals surface area contributed by atoms with Gasteiger partial charge in [0.1, 0.15) is 5.82 Å². The third-order valence-corrected chi connectivity index (χ3v) is 3.66. The Labute approximate surface area is 113 Å². The van der Waals surface area contributed by atoms with Crippen LogP contribution in [0.4, 0.5) is 4.39 Å². The Morgan fingerprint density at radius 3 is 2.78 bits per heavy atom. The van der Waals surface area contributed by atoms with Crippen LogP contribution in [0.15, 0.2) is 18.2 Å². The van der Waals surface area contributed by atoms with E-state index in [-0.39, 0.29) is 10.8 Å². The number of hydrogen-bond acceptors (Lipinski definition) is 2. The van der Waals surface area contributed by atoms with Gasteiger partial charge < -0.3 is 10.2 Å². The van der Waals surface area contributed by atoms with Crippen LogP contribution in [0, 0.1) is 5.82 Å². The Balaban J connectivity index is 1.77. The summed E-state index contributed by atoms with van der Waals surface area (Å²) in [5.74, 6) is -0.356. The van der Waals surface area contributed by atoms with Crippen LogP contribution in [0.3, 0.4) is 0 Å². The van der Waals surface area contributed by atoms with Crippen LogP contribution in [-0.4, -0.2) is 30.6 Å². The molecule has 1 N–H and O–H groups in total. The summed E-state index contributed by atoms with van der Waals surface area (Å²) in [4.78, 5) is 2.48. The standard InChI is InChI=1S/C14H20ClFN2/c1-11(10-18-6-2-3-7-18)17-9-12-4-5-14(16)13(15)8-12/h4-5,8,11,17H,2-3,6-7,9-10H2,1H3. The minimum absolute atomic E-state index is 0.196. The highest BCUT2D eigenvalue weighted by molar-refractivity contribution is 6.30. The molecule has 1 fully saturated rings. The fourth-order valence-corrected chi connectivity index (χ4v) is 2.56. The molecule has 1 aliphatic rings. The van der Waals surface area contributed by atoms with Crippen molar-refractivity contribution in [3.8, 4) is 0 Å². The lowest BCUT2D eigenvalue weighted by atomic mass is 10.2. The molecule has 1 saturated heterocycles. The molecular weight excluding hydrogens is 251 g/mol. The Morgan fingerprint density at radius 2 is 2.11 bits per heavy atom. The number of nitrogens with zero attached hydrogens (tertiary/aromatic N) is 1. The number of halogens is 2. The van der Waals surface area contributed by atoms with Gasteiger partial charge in [-0.05, 0) is 50.6 Å². The maximum Gasteiger partial charge on any atom is 0.141 e. The van der Waals surface area contributed by atoms with Crippen LogP contribution in [0.5, 0.6) is 0 Å². The van der Waals surface area contributed by atoms with E-state index in [2.05, 4.69) is 17.1 Å². The van der Waals surface area contributed by atoms with Crippen LogP contribution in [0.25, 0.3) is 0 Å². The summed E-state index contributed by atoms with van der Waals surface area (Å²) in [5.41, 5.74) is 1.02. The lowest BCUT2D eigenvalue weighted by Crippen LogP contribution is -2.37. The van der Waals surface area contributed by atoms with E-state index in [9.17, 15) is 4.39 Å². The van der Waals surface area contributed by atoms with Crippen molar-refractivity contribution in [2.75, 3.05) is 19.6 Å². The van der Waals surface area contributed by atoms with Crippen LogP contribution in [0.1, 0.15) is 25.3 Å². The van der Waals surface area contributed by atoms with Crippen LogP contribution in [-0.2, 0) is 6.54 Å². The molecule has 0 spiro atoms. The zero-order valence-electron chi connectivity index (χ0n) is 10.8. The van der Waals surface area contributed by atoms with E-state index >= 15 is 0 Å². The van der Waals surface area contributed by atoms with Crippen molar-refractivity contribution < 1.29 is 4.39 Å². The van der Waals surface area contributed by atoms with Gasteiger partial charge in [0.25, 0.3) is 0 Å². The van der Waals surface area contributed by atoms with Crippen LogP contribution < -0.4 is 5.32 Å². The summed E-state index contributed by atoms with van der Waals surface area (Å²) >= 11 is 5.76. The molecule has 1 aliphatic heterocycles. The summed E-state index contributed by atoms with van der Waals surface area (Å²) in [5, 5.41) is 3.65. The number of likely N-dealkylation sites (tertiary alicyclic amines) is 1. The second-order valence-electron chi connectivity index (χ2n) is 5.04. The van der Waals surface area contributed by atoms with Gasteiger partial charge in [-0.1, -0.05) is 17.7 Å². The third kappa shape index (κ3) is 3.94. The number of rotatable bonds is 5. The molecule has 0 amide bonds. The van der Waals surface area contributed by atoms with E-state index in [0.717, 1.165) is 18.7 Å². The first-order valence-electron chi connectivity index (χ1n) is 6.55. The van der Waals surface area contributed by atoms with Crippen molar-refractivity contribution in [2.45, 2.75) is 32.4 Å². The van der Waals surface area contributed by atoms with Gasteiger partial charge in [-0.3, -0.25) is 0 Å². The largest absolute Gasteiger partial charge is 0.309 e. The minimum Gasteiger partial charge on any atom is -0.309 e. The van der Waals surface area contributed by atoms with Crippen LogP contribution >= 0.6 is 11.6 Å². The Bertz CT molecular complexity index is 391. The van der Waals surface area contributed by atoms with E-state index in [1.54, 1.807) is 12.1 Å². The van der Waals surface area contributed by atoms with Crippen molar-refractivity contribution in [1.82, 2.24) is 10.2 Å². The molecule has 1 heterocycles. The molecule has 0 saturated carbocycles. The summed E-state index contributed by atoms with van der Waals surface area (Å²) in [6.07, 6.45) is 2.64. The second kappa shape index (κ2) is 6.50. The molecule has 100 valence electrons. The van der Waals surface area contributed by atoms with E-state index < -0.39 is 0 Å². The van der Waals surface area contributed by atoms with Crippen molar-refractivity contribution in [1.29, 1.82) is 0 Å². The van der Waals surface area contributed by atoms with Crippen molar-refractivity contribution in [3.05, 3.63) is 34.6 Å². The molecule has 1 aromatic rings. The molecule has 0 radical (unpaired) electrons. The SMILES string of the molecule is CC(CN1CCCC1)NCc1ccc(F)c(Cl)c1. The summed E-state index contributed by atoms with van der Waals surface area (Å²) < 4.78 is 13.0. The summed E-state index contributed by atoms with van der Waals surface area (Å²) in [6, 6.07) is 5.32. The van der Waals surface area contributed by atoms with Gasteiger partial charge in [-0.25, -0.2) is 4.39 Å². The maximum atomic E-state index is 13.0. The highest BCUT2D eigenvalue weighted by Gasteiger charge is 2.14. The summed E-state index contributed by atoms with van der Waals surface area (Å²) in [6.45, 7) is 6.43. The van der Waals surface area contributed by atoms with Crippen LogP contribution in [0.2, 0.25) is 5.02 Å². The van der Waals surface area contributed by atoms with Gasteiger partial charge in [0, 0.05) is 19.1 Å². The Kier molecular flexibility index (Phi) is 4.98. The predicted octanol–water partition coefficient (Wildman–Crippen LogP) is 3.05. The quantitative estimate of drug-likeness (QED) is 0.885. The molecule has 4 heteroatoms. The topological polar surface area (TPSA) is 15.3 Å². The lowest BCUT2D eigenvalue weighted by Gasteiger charge is -2.21. The Hall–Kier alpha value is -0.640. The van der Waals surface area contributed by atoms with Gasteiger partial charge in [-0.15, -0.1) is 0 Å². The molecule has 1 aromatic carbocycles. The van der Waals surface area contributed by atoms with E-state index in [1.165, 1.54) is 32.0 Å². The number of nitrogens with one attached hydrogen (secondary N) is 1. The first-order valence-corrected chi connectivity index (χ1v) is 6.92. The van der Waals surface area contributed by atoms with Crippen molar-refractivity contribution in [3.63, 3.8) is 0 Å². The highest BCUT2D eigenvalue weighted by Crippen LogP contribution is 2.16. The summed E-state index contributed by atoms with van der Waals surface area (Å²) in [7, 11) is 0. The predicted molar refractivity (Wildman–Crippen MR) is 73.4 cm³/mol. The molecule has 1 unspecified atom stereocenters. The van der Waals surface area contributed by atoms with E-state index in [4.69, 9.17) is 11.6 Å². The molecule has 18 heavy (non-hydrogen) atoms. The number of benzene rings is 1. The minimum atomic E-state index is -0.356. The monoisotopic (exact) mass is 270 g/mol. The fourth-order valence-electron chi connectivity index (χ4n) is 2.36. The smallest absolute Gasteiger partial charge is 0.141 e. The fraction of sp³-hybridized carbons (Fsp3) is 0.571. The van der Waals surface area contributed by atoms with E-state index in [1.807, 2.05) is 0 Å². The second-order valence-corrected chi connectivity index (χ2v) is 5.45.